The van der Waals surface area contributed by atoms with Crippen LogP contribution in [0.4, 0.5) is 8.78 Å². The zero-order valence-corrected chi connectivity index (χ0v) is 12.8. The van der Waals surface area contributed by atoms with Crippen molar-refractivity contribution in [2.75, 3.05) is 7.05 Å². The van der Waals surface area contributed by atoms with Crippen LogP contribution >= 0.6 is 15.9 Å². The van der Waals surface area contributed by atoms with E-state index in [0.29, 0.717) is 10.9 Å². The molecule has 0 aliphatic rings. The lowest BCUT2D eigenvalue weighted by Crippen LogP contribution is -2.22. The van der Waals surface area contributed by atoms with Gasteiger partial charge in [-0.1, -0.05) is 22.0 Å². The third-order valence-corrected chi connectivity index (χ3v) is 3.71. The first-order valence-corrected chi connectivity index (χ1v) is 7.04. The average Bonchev–Trinajstić information content (AvgIpc) is 2.38. The monoisotopic (exact) mass is 340 g/mol. The van der Waals surface area contributed by atoms with E-state index in [4.69, 9.17) is 0 Å². The highest BCUT2D eigenvalue weighted by Gasteiger charge is 2.21. The molecule has 0 radical (unpaired) electrons. The van der Waals surface area contributed by atoms with Crippen molar-refractivity contribution in [1.29, 1.82) is 0 Å². The second-order valence-corrected chi connectivity index (χ2v) is 5.51. The third-order valence-electron chi connectivity index (χ3n) is 3.26. The third kappa shape index (κ3) is 3.22. The summed E-state index contributed by atoms with van der Waals surface area (Å²) >= 11 is 3.08. The molecule has 1 atom stereocenters. The van der Waals surface area contributed by atoms with Gasteiger partial charge in [0.1, 0.15) is 11.6 Å². The van der Waals surface area contributed by atoms with Gasteiger partial charge in [0.25, 0.3) is 0 Å². The number of hydrogen-bond acceptors (Lipinski definition) is 2. The van der Waals surface area contributed by atoms with E-state index < -0.39 is 17.7 Å². The molecule has 0 saturated carbocycles. The summed E-state index contributed by atoms with van der Waals surface area (Å²) in [5, 5.41) is 2.96. The first-order valence-electron chi connectivity index (χ1n) is 6.25. The van der Waals surface area contributed by atoms with Gasteiger partial charge >= 0.3 is 0 Å². The van der Waals surface area contributed by atoms with Crippen molar-refractivity contribution in [2.24, 2.45) is 0 Å². The van der Waals surface area contributed by atoms with E-state index in [0.717, 1.165) is 11.3 Å². The molecule has 1 heterocycles. The van der Waals surface area contributed by atoms with Crippen LogP contribution in [-0.2, 0) is 6.42 Å². The number of nitrogens with one attached hydrogen (secondary N) is 1. The van der Waals surface area contributed by atoms with Gasteiger partial charge in [0.05, 0.1) is 0 Å². The molecule has 0 aliphatic carbocycles. The summed E-state index contributed by atoms with van der Waals surface area (Å²) in [7, 11) is 1.68. The first kappa shape index (κ1) is 15.1. The van der Waals surface area contributed by atoms with E-state index in [1.54, 1.807) is 13.2 Å². The number of likely N-dealkylation sites (N-methyl/N-ethyl adjacent to an activating group) is 1. The topological polar surface area (TPSA) is 24.9 Å². The van der Waals surface area contributed by atoms with E-state index in [9.17, 15) is 8.78 Å². The zero-order valence-electron chi connectivity index (χ0n) is 11.3. The summed E-state index contributed by atoms with van der Waals surface area (Å²) in [6.07, 6.45) is 2.11. The zero-order chi connectivity index (χ0) is 14.7. The Labute approximate surface area is 125 Å². The Kier molecular flexibility index (Phi) is 4.83. The molecule has 0 aliphatic heterocycles. The maximum atomic E-state index is 14.0. The Balaban J connectivity index is 2.37. The minimum Gasteiger partial charge on any atom is -0.312 e. The molecule has 1 aromatic heterocycles. The number of aryl methyl sites for hydroxylation is 1. The summed E-state index contributed by atoms with van der Waals surface area (Å²) in [6.45, 7) is 1.93. The molecule has 0 amide bonds. The van der Waals surface area contributed by atoms with Crippen molar-refractivity contribution in [3.8, 4) is 0 Å². The Bertz CT molecular complexity index is 594. The van der Waals surface area contributed by atoms with Crippen LogP contribution in [0.3, 0.4) is 0 Å². The van der Waals surface area contributed by atoms with Crippen LogP contribution in [0.5, 0.6) is 0 Å². The second kappa shape index (κ2) is 6.41. The molecule has 2 rings (SSSR count). The van der Waals surface area contributed by atoms with Gasteiger partial charge in [0.2, 0.25) is 0 Å². The lowest BCUT2D eigenvalue weighted by atomic mass is 9.99. The van der Waals surface area contributed by atoms with Crippen molar-refractivity contribution in [2.45, 2.75) is 19.4 Å². The fourth-order valence-electron chi connectivity index (χ4n) is 2.16. The molecule has 2 aromatic rings. The van der Waals surface area contributed by atoms with Gasteiger partial charge in [-0.15, -0.1) is 0 Å². The number of pyridine rings is 1. The number of aromatic nitrogens is 1. The molecule has 0 fully saturated rings. The fraction of sp³-hybridized carbons (Fsp3) is 0.267. The quantitative estimate of drug-likeness (QED) is 0.911. The van der Waals surface area contributed by atoms with Gasteiger partial charge in [-0.25, -0.2) is 8.78 Å². The minimum atomic E-state index is -0.565. The van der Waals surface area contributed by atoms with E-state index in [1.807, 2.05) is 19.1 Å². The average molecular weight is 341 g/mol. The van der Waals surface area contributed by atoms with Crippen molar-refractivity contribution in [3.63, 3.8) is 0 Å². The molecule has 0 spiro atoms. The van der Waals surface area contributed by atoms with Crippen molar-refractivity contribution >= 4 is 15.9 Å². The lowest BCUT2D eigenvalue weighted by molar-refractivity contribution is 0.485. The van der Waals surface area contributed by atoms with E-state index >= 15 is 0 Å². The van der Waals surface area contributed by atoms with Crippen LogP contribution in [0.25, 0.3) is 0 Å². The SMILES string of the molecule is CNC(Cc1ncccc1C)c1c(F)cc(Br)cc1F. The first-order chi connectivity index (χ1) is 9.52. The Morgan fingerprint density at radius 3 is 2.50 bits per heavy atom. The second-order valence-electron chi connectivity index (χ2n) is 4.60. The van der Waals surface area contributed by atoms with Crippen LogP contribution in [0.2, 0.25) is 0 Å². The van der Waals surface area contributed by atoms with Gasteiger partial charge in [0.15, 0.2) is 0 Å². The van der Waals surface area contributed by atoms with E-state index in [2.05, 4.69) is 26.2 Å². The summed E-state index contributed by atoms with van der Waals surface area (Å²) in [5.41, 5.74) is 1.87. The minimum absolute atomic E-state index is 0.0424. The van der Waals surface area contributed by atoms with E-state index in [1.165, 1.54) is 12.1 Å². The molecule has 5 heteroatoms. The number of halogens is 3. The lowest BCUT2D eigenvalue weighted by Gasteiger charge is -2.19. The number of hydrogen-bond donors (Lipinski definition) is 1. The summed E-state index contributed by atoms with van der Waals surface area (Å²) < 4.78 is 28.4. The molecule has 0 bridgehead atoms. The molecule has 2 nitrogen and oxygen atoms in total. The molecule has 20 heavy (non-hydrogen) atoms. The molecular weight excluding hydrogens is 326 g/mol. The molecule has 0 saturated heterocycles. The van der Waals surface area contributed by atoms with Crippen molar-refractivity contribution in [1.82, 2.24) is 10.3 Å². The predicted octanol–water partition coefficient (Wildman–Crippen LogP) is 3.93. The van der Waals surface area contributed by atoms with Gasteiger partial charge in [-0.3, -0.25) is 4.98 Å². The highest BCUT2D eigenvalue weighted by molar-refractivity contribution is 9.10. The van der Waals surface area contributed by atoms with Gasteiger partial charge < -0.3 is 5.32 Å². The fourth-order valence-corrected chi connectivity index (χ4v) is 2.56. The standard InChI is InChI=1S/C15H15BrF2N2/c1-9-4-3-5-20-13(9)8-14(19-2)15-11(17)6-10(16)7-12(15)18/h3-7,14,19H,8H2,1-2H3. The normalized spacial score (nSPS) is 12.4. The van der Waals surface area contributed by atoms with Crippen LogP contribution in [0, 0.1) is 18.6 Å². The molecular formula is C15H15BrF2N2. The summed E-state index contributed by atoms with van der Waals surface area (Å²) in [4.78, 5) is 4.27. The van der Waals surface area contributed by atoms with Gasteiger partial charge in [-0.2, -0.15) is 0 Å². The highest BCUT2D eigenvalue weighted by Crippen LogP contribution is 2.27. The van der Waals surface area contributed by atoms with Crippen molar-refractivity contribution in [3.05, 3.63) is 63.4 Å². The van der Waals surface area contributed by atoms with Crippen LogP contribution in [0.1, 0.15) is 22.9 Å². The largest absolute Gasteiger partial charge is 0.312 e. The maximum absolute atomic E-state index is 14.0. The Morgan fingerprint density at radius 2 is 1.95 bits per heavy atom. The summed E-state index contributed by atoms with van der Waals surface area (Å²) in [6, 6.07) is 5.86. The molecule has 1 aromatic carbocycles. The number of benzene rings is 1. The predicted molar refractivity (Wildman–Crippen MR) is 78.5 cm³/mol. The van der Waals surface area contributed by atoms with Gasteiger partial charge in [-0.05, 0) is 37.7 Å². The highest BCUT2D eigenvalue weighted by atomic mass is 79.9. The van der Waals surface area contributed by atoms with Crippen LogP contribution in [-0.4, -0.2) is 12.0 Å². The smallest absolute Gasteiger partial charge is 0.132 e. The molecule has 106 valence electrons. The number of rotatable bonds is 4. The molecule has 1 N–H and O–H groups in total. The van der Waals surface area contributed by atoms with Gasteiger partial charge in [0, 0.05) is 34.4 Å². The van der Waals surface area contributed by atoms with Crippen LogP contribution in [0.15, 0.2) is 34.9 Å². The Hall–Kier alpha value is -1.33. The molecule has 1 unspecified atom stereocenters. The maximum Gasteiger partial charge on any atom is 0.132 e. The Morgan fingerprint density at radius 1 is 1.30 bits per heavy atom. The summed E-state index contributed by atoms with van der Waals surface area (Å²) in [5.74, 6) is -1.13. The number of nitrogens with zero attached hydrogens (tertiary/aromatic N) is 1. The van der Waals surface area contributed by atoms with Crippen LogP contribution < -0.4 is 5.32 Å². The van der Waals surface area contributed by atoms with Crippen molar-refractivity contribution < 1.29 is 8.78 Å². The van der Waals surface area contributed by atoms with E-state index in [-0.39, 0.29) is 5.56 Å².